The summed E-state index contributed by atoms with van der Waals surface area (Å²) in [5, 5.41) is 10.9. The number of nitrogens with zero attached hydrogens (tertiary/aromatic N) is 2. The highest BCUT2D eigenvalue weighted by Crippen LogP contribution is 2.26. The zero-order valence-corrected chi connectivity index (χ0v) is 11.3. The normalized spacial score (nSPS) is 19.6. The summed E-state index contributed by atoms with van der Waals surface area (Å²) in [6.07, 6.45) is 0.982. The molecule has 0 bridgehead atoms. The van der Waals surface area contributed by atoms with Crippen molar-refractivity contribution in [3.63, 3.8) is 0 Å². The Morgan fingerprint density at radius 3 is 2.83 bits per heavy atom. The fourth-order valence-electron chi connectivity index (χ4n) is 2.06. The lowest BCUT2D eigenvalue weighted by Gasteiger charge is -2.14. The van der Waals surface area contributed by atoms with Crippen molar-refractivity contribution < 1.29 is 4.92 Å². The van der Waals surface area contributed by atoms with Crippen molar-refractivity contribution in [2.24, 2.45) is 5.73 Å². The molecule has 0 radical (unpaired) electrons. The molecular formula is C11H15Cl2N3O2. The molecule has 0 aromatic heterocycles. The van der Waals surface area contributed by atoms with Crippen molar-refractivity contribution in [1.29, 1.82) is 0 Å². The van der Waals surface area contributed by atoms with Gasteiger partial charge in [0.25, 0.3) is 5.69 Å². The van der Waals surface area contributed by atoms with Crippen LogP contribution in [0, 0.1) is 10.1 Å². The Morgan fingerprint density at radius 1 is 1.56 bits per heavy atom. The van der Waals surface area contributed by atoms with E-state index in [1.807, 2.05) is 6.07 Å². The predicted octanol–water partition coefficient (Wildman–Crippen LogP) is 2.20. The largest absolute Gasteiger partial charge is 0.326 e. The maximum Gasteiger partial charge on any atom is 0.288 e. The molecule has 0 spiro atoms. The molecule has 1 aromatic carbocycles. The Kier molecular flexibility index (Phi) is 5.34. The van der Waals surface area contributed by atoms with Gasteiger partial charge in [0.1, 0.15) is 5.02 Å². The molecule has 7 heteroatoms. The van der Waals surface area contributed by atoms with Gasteiger partial charge < -0.3 is 5.73 Å². The van der Waals surface area contributed by atoms with Crippen LogP contribution in [0.1, 0.15) is 12.0 Å². The summed E-state index contributed by atoms with van der Waals surface area (Å²) in [4.78, 5) is 12.5. The highest BCUT2D eigenvalue weighted by atomic mass is 35.5. The van der Waals surface area contributed by atoms with E-state index in [1.165, 1.54) is 6.07 Å². The van der Waals surface area contributed by atoms with Crippen LogP contribution in [0.5, 0.6) is 0 Å². The minimum atomic E-state index is -0.457. The van der Waals surface area contributed by atoms with Crippen LogP contribution < -0.4 is 5.73 Å². The second-order valence-corrected chi connectivity index (χ2v) is 4.73. The molecule has 2 N–H and O–H groups in total. The molecule has 1 aliphatic rings. The van der Waals surface area contributed by atoms with E-state index in [9.17, 15) is 10.1 Å². The van der Waals surface area contributed by atoms with Crippen molar-refractivity contribution in [3.8, 4) is 0 Å². The zero-order chi connectivity index (χ0) is 12.4. The maximum absolute atomic E-state index is 10.8. The average Bonchev–Trinajstić information content (AvgIpc) is 2.66. The molecule has 18 heavy (non-hydrogen) atoms. The van der Waals surface area contributed by atoms with Crippen LogP contribution in [0.25, 0.3) is 0 Å². The Balaban J connectivity index is 0.00000162. The van der Waals surface area contributed by atoms with Gasteiger partial charge in [-0.05, 0) is 18.1 Å². The van der Waals surface area contributed by atoms with Crippen molar-refractivity contribution in [2.75, 3.05) is 13.1 Å². The molecule has 1 fully saturated rings. The maximum atomic E-state index is 10.8. The lowest BCUT2D eigenvalue weighted by Crippen LogP contribution is -2.26. The van der Waals surface area contributed by atoms with Crippen LogP contribution in [-0.2, 0) is 6.54 Å². The summed E-state index contributed by atoms with van der Waals surface area (Å²) in [5.74, 6) is 0. The second-order valence-electron chi connectivity index (χ2n) is 4.33. The van der Waals surface area contributed by atoms with E-state index in [4.69, 9.17) is 17.3 Å². The molecule has 2 rings (SSSR count). The highest BCUT2D eigenvalue weighted by molar-refractivity contribution is 6.32. The summed E-state index contributed by atoms with van der Waals surface area (Å²) >= 11 is 5.76. The lowest BCUT2D eigenvalue weighted by atomic mass is 10.2. The minimum absolute atomic E-state index is 0. The molecular weight excluding hydrogens is 277 g/mol. The topological polar surface area (TPSA) is 72.4 Å². The molecule has 1 aromatic rings. The van der Waals surface area contributed by atoms with Crippen LogP contribution >= 0.6 is 24.0 Å². The van der Waals surface area contributed by atoms with Crippen LogP contribution in [0.2, 0.25) is 5.02 Å². The first-order chi connectivity index (χ1) is 8.06. The zero-order valence-electron chi connectivity index (χ0n) is 9.71. The van der Waals surface area contributed by atoms with E-state index in [1.54, 1.807) is 6.07 Å². The van der Waals surface area contributed by atoms with Crippen molar-refractivity contribution in [1.82, 2.24) is 4.90 Å². The Morgan fingerprint density at radius 2 is 2.28 bits per heavy atom. The van der Waals surface area contributed by atoms with Gasteiger partial charge in [0.2, 0.25) is 0 Å². The van der Waals surface area contributed by atoms with Gasteiger partial charge in [-0.15, -0.1) is 12.4 Å². The number of nitro groups is 1. The van der Waals surface area contributed by atoms with Crippen molar-refractivity contribution >= 4 is 29.7 Å². The number of rotatable bonds is 3. The van der Waals surface area contributed by atoms with Gasteiger partial charge in [-0.3, -0.25) is 15.0 Å². The Labute approximate surface area is 116 Å². The number of hydrogen-bond acceptors (Lipinski definition) is 4. The van der Waals surface area contributed by atoms with Gasteiger partial charge in [-0.1, -0.05) is 17.7 Å². The van der Waals surface area contributed by atoms with Crippen LogP contribution in [0.4, 0.5) is 5.69 Å². The first-order valence-electron chi connectivity index (χ1n) is 5.47. The van der Waals surface area contributed by atoms with Gasteiger partial charge in [-0.2, -0.15) is 0 Å². The fourth-order valence-corrected chi connectivity index (χ4v) is 2.25. The minimum Gasteiger partial charge on any atom is -0.326 e. The molecule has 1 unspecified atom stereocenters. The second kappa shape index (κ2) is 6.33. The molecule has 0 saturated carbocycles. The van der Waals surface area contributed by atoms with E-state index in [0.717, 1.165) is 25.1 Å². The van der Waals surface area contributed by atoms with Gasteiger partial charge in [0, 0.05) is 31.7 Å². The first kappa shape index (κ1) is 15.2. The molecule has 0 amide bonds. The van der Waals surface area contributed by atoms with Crippen LogP contribution in [0.3, 0.4) is 0 Å². The standard InChI is InChI=1S/C11H14ClN3O2.ClH/c12-10-2-1-8(5-11(10)15(16)17)6-14-4-3-9(13)7-14;/h1-2,5,9H,3-4,6-7,13H2;1H. The molecule has 1 saturated heterocycles. The number of hydrogen-bond donors (Lipinski definition) is 1. The van der Waals surface area contributed by atoms with E-state index < -0.39 is 4.92 Å². The molecule has 1 atom stereocenters. The summed E-state index contributed by atoms with van der Waals surface area (Å²) in [6, 6.07) is 5.15. The van der Waals surface area contributed by atoms with E-state index >= 15 is 0 Å². The van der Waals surface area contributed by atoms with Gasteiger partial charge >= 0.3 is 0 Å². The van der Waals surface area contributed by atoms with Gasteiger partial charge in [-0.25, -0.2) is 0 Å². The molecule has 5 nitrogen and oxygen atoms in total. The Bertz CT molecular complexity index is 442. The monoisotopic (exact) mass is 291 g/mol. The number of nitro benzene ring substituents is 1. The average molecular weight is 292 g/mol. The van der Waals surface area contributed by atoms with E-state index in [0.29, 0.717) is 6.54 Å². The number of likely N-dealkylation sites (tertiary alicyclic amines) is 1. The summed E-state index contributed by atoms with van der Waals surface area (Å²) < 4.78 is 0. The van der Waals surface area contributed by atoms with Gasteiger partial charge in [0.15, 0.2) is 0 Å². The fraction of sp³-hybridized carbons (Fsp3) is 0.455. The smallest absolute Gasteiger partial charge is 0.288 e. The summed E-state index contributed by atoms with van der Waals surface area (Å²) in [5.41, 5.74) is 6.67. The number of halogens is 2. The summed E-state index contributed by atoms with van der Waals surface area (Å²) in [7, 11) is 0. The highest BCUT2D eigenvalue weighted by Gasteiger charge is 2.20. The van der Waals surface area contributed by atoms with Gasteiger partial charge in [0.05, 0.1) is 4.92 Å². The van der Waals surface area contributed by atoms with E-state index in [2.05, 4.69) is 4.90 Å². The predicted molar refractivity (Wildman–Crippen MR) is 73.2 cm³/mol. The quantitative estimate of drug-likeness (QED) is 0.684. The van der Waals surface area contributed by atoms with E-state index in [-0.39, 0.29) is 29.2 Å². The number of benzene rings is 1. The number of nitrogens with two attached hydrogens (primary N) is 1. The SMILES string of the molecule is Cl.NC1CCN(Cc2ccc(Cl)c([N+](=O)[O-])c2)C1. The third-order valence-electron chi connectivity index (χ3n) is 2.92. The lowest BCUT2D eigenvalue weighted by molar-refractivity contribution is -0.384. The Hall–Kier alpha value is -0.880. The van der Waals surface area contributed by atoms with Crippen molar-refractivity contribution in [3.05, 3.63) is 38.9 Å². The molecule has 0 aliphatic carbocycles. The summed E-state index contributed by atoms with van der Waals surface area (Å²) in [6.45, 7) is 2.47. The molecule has 1 aliphatic heterocycles. The third kappa shape index (κ3) is 3.55. The molecule has 100 valence electrons. The molecule has 1 heterocycles. The van der Waals surface area contributed by atoms with Crippen molar-refractivity contribution in [2.45, 2.75) is 19.0 Å². The first-order valence-corrected chi connectivity index (χ1v) is 5.85. The van der Waals surface area contributed by atoms with Crippen LogP contribution in [0.15, 0.2) is 18.2 Å². The third-order valence-corrected chi connectivity index (χ3v) is 3.24. The van der Waals surface area contributed by atoms with Crippen LogP contribution in [-0.4, -0.2) is 29.0 Å².